The van der Waals surface area contributed by atoms with E-state index in [0.717, 1.165) is 19.0 Å². The van der Waals surface area contributed by atoms with Crippen LogP contribution in [0.3, 0.4) is 0 Å². The van der Waals surface area contributed by atoms with Crippen molar-refractivity contribution < 1.29 is 0 Å². The van der Waals surface area contributed by atoms with Gasteiger partial charge < -0.3 is 11.1 Å². The molecule has 1 unspecified atom stereocenters. The summed E-state index contributed by atoms with van der Waals surface area (Å²) in [6.45, 7) is 12.4. The molecular formula is C14H32N2. The Morgan fingerprint density at radius 1 is 1.06 bits per heavy atom. The van der Waals surface area contributed by atoms with Gasteiger partial charge in [-0.2, -0.15) is 0 Å². The van der Waals surface area contributed by atoms with Crippen molar-refractivity contribution in [2.45, 2.75) is 59.8 Å². The van der Waals surface area contributed by atoms with Gasteiger partial charge in [-0.05, 0) is 56.7 Å². The normalized spacial score (nSPS) is 14.1. The molecule has 0 saturated carbocycles. The summed E-state index contributed by atoms with van der Waals surface area (Å²) < 4.78 is 0. The van der Waals surface area contributed by atoms with Gasteiger partial charge in [-0.25, -0.2) is 0 Å². The van der Waals surface area contributed by atoms with Gasteiger partial charge in [-0.3, -0.25) is 0 Å². The summed E-state index contributed by atoms with van der Waals surface area (Å²) in [6.07, 6.45) is 6.33. The van der Waals surface area contributed by atoms with E-state index in [1.165, 1.54) is 38.6 Å². The van der Waals surface area contributed by atoms with Crippen LogP contribution in [0.5, 0.6) is 0 Å². The fourth-order valence-electron chi connectivity index (χ4n) is 2.11. The van der Waals surface area contributed by atoms with E-state index < -0.39 is 0 Å². The third-order valence-corrected chi connectivity index (χ3v) is 3.35. The van der Waals surface area contributed by atoms with Gasteiger partial charge in [0.2, 0.25) is 0 Å². The predicted octanol–water partition coefficient (Wildman–Crippen LogP) is 3.17. The zero-order chi connectivity index (χ0) is 12.4. The molecule has 0 aliphatic carbocycles. The van der Waals surface area contributed by atoms with Crippen LogP contribution < -0.4 is 11.1 Å². The lowest BCUT2D eigenvalue weighted by Gasteiger charge is -2.30. The summed E-state index contributed by atoms with van der Waals surface area (Å²) in [5.74, 6) is 0.769. The van der Waals surface area contributed by atoms with E-state index in [1.54, 1.807) is 0 Å². The summed E-state index contributed by atoms with van der Waals surface area (Å²) in [5, 5.41) is 3.50. The lowest BCUT2D eigenvalue weighted by atomic mass is 9.76. The fraction of sp³-hybridized carbons (Fsp3) is 1.00. The van der Waals surface area contributed by atoms with E-state index in [4.69, 9.17) is 5.73 Å². The first-order valence-electron chi connectivity index (χ1n) is 6.93. The molecule has 0 radical (unpaired) electrons. The molecule has 2 nitrogen and oxygen atoms in total. The Morgan fingerprint density at radius 3 is 2.19 bits per heavy atom. The molecule has 3 N–H and O–H groups in total. The maximum atomic E-state index is 5.68. The van der Waals surface area contributed by atoms with Crippen molar-refractivity contribution in [3.63, 3.8) is 0 Å². The van der Waals surface area contributed by atoms with Gasteiger partial charge in [0.05, 0.1) is 0 Å². The number of nitrogens with one attached hydrogen (secondary N) is 1. The zero-order valence-electron chi connectivity index (χ0n) is 11.8. The summed E-state index contributed by atoms with van der Waals surface area (Å²) in [5.41, 5.74) is 6.09. The minimum atomic E-state index is 0.406. The van der Waals surface area contributed by atoms with Crippen LogP contribution in [-0.4, -0.2) is 19.6 Å². The molecular weight excluding hydrogens is 196 g/mol. The van der Waals surface area contributed by atoms with E-state index in [9.17, 15) is 0 Å². The average molecular weight is 228 g/mol. The lowest BCUT2D eigenvalue weighted by molar-refractivity contribution is 0.210. The van der Waals surface area contributed by atoms with E-state index in [-0.39, 0.29) is 0 Å². The average Bonchev–Trinajstić information content (AvgIpc) is 2.20. The predicted molar refractivity (Wildman–Crippen MR) is 73.6 cm³/mol. The van der Waals surface area contributed by atoms with Crippen molar-refractivity contribution in [1.29, 1.82) is 0 Å². The minimum Gasteiger partial charge on any atom is -0.330 e. The van der Waals surface area contributed by atoms with Crippen LogP contribution in [0.4, 0.5) is 0 Å². The smallest absolute Gasteiger partial charge is 0.00488 e. The van der Waals surface area contributed by atoms with Crippen LogP contribution in [-0.2, 0) is 0 Å². The number of unbranched alkanes of at least 4 members (excludes halogenated alkanes) is 1. The minimum absolute atomic E-state index is 0.406. The second kappa shape index (κ2) is 9.00. The van der Waals surface area contributed by atoms with Crippen LogP contribution in [0.2, 0.25) is 0 Å². The number of nitrogens with two attached hydrogens (primary N) is 1. The molecule has 0 amide bonds. The second-order valence-electron chi connectivity index (χ2n) is 5.89. The quantitative estimate of drug-likeness (QED) is 0.595. The van der Waals surface area contributed by atoms with Gasteiger partial charge in [0.15, 0.2) is 0 Å². The van der Waals surface area contributed by atoms with Gasteiger partial charge in [0.25, 0.3) is 0 Å². The number of hydrogen-bond acceptors (Lipinski definition) is 2. The van der Waals surface area contributed by atoms with Crippen LogP contribution in [0.15, 0.2) is 0 Å². The first kappa shape index (κ1) is 15.9. The molecule has 0 heterocycles. The molecule has 1 atom stereocenters. The van der Waals surface area contributed by atoms with Crippen molar-refractivity contribution >= 4 is 0 Å². The highest BCUT2D eigenvalue weighted by Crippen LogP contribution is 2.31. The first-order chi connectivity index (χ1) is 7.52. The molecule has 98 valence electrons. The van der Waals surface area contributed by atoms with E-state index >= 15 is 0 Å². The molecule has 0 spiro atoms. The van der Waals surface area contributed by atoms with E-state index in [2.05, 4.69) is 33.0 Å². The summed E-state index contributed by atoms with van der Waals surface area (Å²) in [7, 11) is 0. The van der Waals surface area contributed by atoms with Crippen LogP contribution in [0.1, 0.15) is 59.8 Å². The second-order valence-corrected chi connectivity index (χ2v) is 5.89. The molecule has 0 rings (SSSR count). The Balaban J connectivity index is 3.61. The maximum absolute atomic E-state index is 5.68. The Kier molecular flexibility index (Phi) is 8.96. The molecule has 2 heteroatoms. The van der Waals surface area contributed by atoms with E-state index in [1.807, 2.05) is 0 Å². The molecule has 0 fully saturated rings. The molecule has 0 bridgehead atoms. The van der Waals surface area contributed by atoms with Gasteiger partial charge in [0.1, 0.15) is 0 Å². The van der Waals surface area contributed by atoms with Crippen molar-refractivity contribution in [3.8, 4) is 0 Å². The van der Waals surface area contributed by atoms with Crippen LogP contribution >= 0.6 is 0 Å². The largest absolute Gasteiger partial charge is 0.330 e. The molecule has 0 aliphatic rings. The molecule has 0 aromatic heterocycles. The van der Waals surface area contributed by atoms with E-state index in [0.29, 0.717) is 5.41 Å². The highest BCUT2D eigenvalue weighted by atomic mass is 14.8. The third-order valence-electron chi connectivity index (χ3n) is 3.35. The van der Waals surface area contributed by atoms with Crippen LogP contribution in [0, 0.1) is 11.3 Å². The monoisotopic (exact) mass is 228 g/mol. The summed E-state index contributed by atoms with van der Waals surface area (Å²) in [6, 6.07) is 0. The SMILES string of the molecule is CCCCNCCCC(CCN)C(C)(C)C. The van der Waals surface area contributed by atoms with Crippen molar-refractivity contribution in [2.24, 2.45) is 17.1 Å². The first-order valence-corrected chi connectivity index (χ1v) is 6.93. The van der Waals surface area contributed by atoms with Gasteiger partial charge in [0, 0.05) is 0 Å². The Hall–Kier alpha value is -0.0800. The summed E-state index contributed by atoms with van der Waals surface area (Å²) in [4.78, 5) is 0. The summed E-state index contributed by atoms with van der Waals surface area (Å²) >= 11 is 0. The topological polar surface area (TPSA) is 38.0 Å². The Labute approximate surface area is 102 Å². The van der Waals surface area contributed by atoms with Crippen LogP contribution in [0.25, 0.3) is 0 Å². The Morgan fingerprint density at radius 2 is 1.69 bits per heavy atom. The van der Waals surface area contributed by atoms with Crippen molar-refractivity contribution in [1.82, 2.24) is 5.32 Å². The van der Waals surface area contributed by atoms with Gasteiger partial charge in [-0.15, -0.1) is 0 Å². The Bertz CT molecular complexity index is 149. The molecule has 16 heavy (non-hydrogen) atoms. The molecule has 0 aromatic rings. The highest BCUT2D eigenvalue weighted by Gasteiger charge is 2.22. The van der Waals surface area contributed by atoms with Crippen molar-refractivity contribution in [2.75, 3.05) is 19.6 Å². The van der Waals surface area contributed by atoms with Gasteiger partial charge >= 0.3 is 0 Å². The standard InChI is InChI=1S/C14H32N2/c1-5-6-11-16-12-7-8-13(9-10-15)14(2,3)4/h13,16H,5-12,15H2,1-4H3. The van der Waals surface area contributed by atoms with Crippen molar-refractivity contribution in [3.05, 3.63) is 0 Å². The molecule has 0 saturated heterocycles. The van der Waals surface area contributed by atoms with Gasteiger partial charge in [-0.1, -0.05) is 34.1 Å². The number of rotatable bonds is 9. The fourth-order valence-corrected chi connectivity index (χ4v) is 2.11. The maximum Gasteiger partial charge on any atom is -0.00488 e. The zero-order valence-corrected chi connectivity index (χ0v) is 11.8. The highest BCUT2D eigenvalue weighted by molar-refractivity contribution is 4.74. The molecule has 0 aliphatic heterocycles. The molecule has 0 aromatic carbocycles. The lowest BCUT2D eigenvalue weighted by Crippen LogP contribution is -2.25. The number of hydrogen-bond donors (Lipinski definition) is 2. The third kappa shape index (κ3) is 8.12.